The fourth-order valence-corrected chi connectivity index (χ4v) is 4.36. The Morgan fingerprint density at radius 2 is 1.33 bits per heavy atom. The van der Waals surface area contributed by atoms with Crippen molar-refractivity contribution in [1.82, 2.24) is 0 Å². The minimum atomic E-state index is -0.136. The zero-order valence-electron chi connectivity index (χ0n) is 20.1. The molecule has 30 heavy (non-hydrogen) atoms. The van der Waals surface area contributed by atoms with E-state index in [1.54, 1.807) is 0 Å². The summed E-state index contributed by atoms with van der Waals surface area (Å²) in [6, 6.07) is 0. The van der Waals surface area contributed by atoms with Gasteiger partial charge in [-0.25, -0.2) is 0 Å². The molecule has 0 N–H and O–H groups in total. The van der Waals surface area contributed by atoms with Gasteiger partial charge in [-0.05, 0) is 38.0 Å². The van der Waals surface area contributed by atoms with Crippen molar-refractivity contribution in [2.45, 2.75) is 124 Å². The van der Waals surface area contributed by atoms with Gasteiger partial charge in [-0.15, -0.1) is 0 Å². The normalized spacial score (nSPS) is 20.0. The number of ether oxygens (including phenoxy) is 2. The zero-order chi connectivity index (χ0) is 22.0. The van der Waals surface area contributed by atoms with Gasteiger partial charge < -0.3 is 9.47 Å². The first-order chi connectivity index (χ1) is 14.6. The van der Waals surface area contributed by atoms with Crippen LogP contribution in [0.25, 0.3) is 0 Å². The smallest absolute Gasteiger partial charge is 0.308 e. The maximum absolute atomic E-state index is 12.5. The largest absolute Gasteiger partial charge is 0.465 e. The molecular weight excluding hydrogens is 376 g/mol. The van der Waals surface area contributed by atoms with Gasteiger partial charge in [0.1, 0.15) is 0 Å². The van der Waals surface area contributed by atoms with Gasteiger partial charge >= 0.3 is 11.9 Å². The van der Waals surface area contributed by atoms with Crippen LogP contribution in [-0.4, -0.2) is 25.2 Å². The molecule has 3 unspecified atom stereocenters. The summed E-state index contributed by atoms with van der Waals surface area (Å²) in [5, 5.41) is 0. The number of rotatable bonds is 17. The van der Waals surface area contributed by atoms with E-state index in [0.29, 0.717) is 25.6 Å². The van der Waals surface area contributed by atoms with E-state index in [9.17, 15) is 9.59 Å². The van der Waals surface area contributed by atoms with Gasteiger partial charge in [0, 0.05) is 0 Å². The molecule has 0 radical (unpaired) electrons. The highest BCUT2D eigenvalue weighted by Gasteiger charge is 2.33. The van der Waals surface area contributed by atoms with E-state index < -0.39 is 0 Å². The molecule has 1 aliphatic rings. The minimum absolute atomic E-state index is 0.106. The summed E-state index contributed by atoms with van der Waals surface area (Å²) in [6.45, 7) is 7.64. The van der Waals surface area contributed by atoms with Crippen molar-refractivity contribution in [1.29, 1.82) is 0 Å². The topological polar surface area (TPSA) is 52.6 Å². The van der Waals surface area contributed by atoms with Gasteiger partial charge in [-0.3, -0.25) is 9.59 Å². The molecule has 1 saturated carbocycles. The maximum Gasteiger partial charge on any atom is 0.308 e. The average molecular weight is 425 g/mol. The summed E-state index contributed by atoms with van der Waals surface area (Å²) in [5.74, 6) is -0.0178. The molecule has 0 saturated heterocycles. The van der Waals surface area contributed by atoms with Crippen LogP contribution in [0.1, 0.15) is 124 Å². The fraction of sp³-hybridized carbons (Fsp3) is 0.923. The molecule has 0 aliphatic heterocycles. The summed E-state index contributed by atoms with van der Waals surface area (Å²) in [7, 11) is 0. The van der Waals surface area contributed by atoms with E-state index in [1.807, 2.05) is 0 Å². The molecule has 4 nitrogen and oxygen atoms in total. The number of carbonyl (C=O) groups excluding carboxylic acids is 2. The minimum Gasteiger partial charge on any atom is -0.465 e. The third-order valence-electron chi connectivity index (χ3n) is 6.59. The molecule has 0 aromatic rings. The molecule has 0 spiro atoms. The van der Waals surface area contributed by atoms with Crippen LogP contribution in [0.15, 0.2) is 0 Å². The standard InChI is InChI=1S/C26H48O4/c1-4-7-9-10-11-12-13-14-19-29-25(27)23-17-15-18-24(20-23)26(28)30-21-22(6-3)16-8-5-2/h22-24H,4-21H2,1-3H3. The highest BCUT2D eigenvalue weighted by Crippen LogP contribution is 2.31. The molecule has 0 aromatic carbocycles. The Morgan fingerprint density at radius 3 is 1.93 bits per heavy atom. The van der Waals surface area contributed by atoms with Crippen molar-refractivity contribution in [2.24, 2.45) is 17.8 Å². The Labute approximate surface area is 185 Å². The van der Waals surface area contributed by atoms with Gasteiger partial charge in [-0.1, -0.05) is 91.4 Å². The van der Waals surface area contributed by atoms with Crippen LogP contribution in [0.3, 0.4) is 0 Å². The Balaban J connectivity index is 2.20. The van der Waals surface area contributed by atoms with Gasteiger partial charge in [-0.2, -0.15) is 0 Å². The molecule has 1 aliphatic carbocycles. The Morgan fingerprint density at radius 1 is 0.767 bits per heavy atom. The molecule has 0 amide bonds. The second kappa shape index (κ2) is 17.6. The van der Waals surface area contributed by atoms with Crippen LogP contribution >= 0.6 is 0 Å². The summed E-state index contributed by atoms with van der Waals surface area (Å²) >= 11 is 0. The first kappa shape index (κ1) is 27.0. The van der Waals surface area contributed by atoms with Crippen LogP contribution in [0.5, 0.6) is 0 Å². The van der Waals surface area contributed by atoms with Crippen molar-refractivity contribution in [3.63, 3.8) is 0 Å². The predicted molar refractivity (Wildman–Crippen MR) is 123 cm³/mol. The third-order valence-corrected chi connectivity index (χ3v) is 6.59. The molecule has 1 fully saturated rings. The average Bonchev–Trinajstić information content (AvgIpc) is 2.77. The van der Waals surface area contributed by atoms with E-state index in [2.05, 4.69) is 20.8 Å². The van der Waals surface area contributed by atoms with Crippen LogP contribution < -0.4 is 0 Å². The molecule has 0 aromatic heterocycles. The van der Waals surface area contributed by atoms with Crippen LogP contribution in [0, 0.1) is 17.8 Å². The highest BCUT2D eigenvalue weighted by atomic mass is 16.5. The third kappa shape index (κ3) is 12.0. The summed E-state index contributed by atoms with van der Waals surface area (Å²) in [4.78, 5) is 24.9. The first-order valence-electron chi connectivity index (χ1n) is 13.0. The lowest BCUT2D eigenvalue weighted by Crippen LogP contribution is -2.30. The number of hydrogen-bond donors (Lipinski definition) is 0. The van der Waals surface area contributed by atoms with Crippen LogP contribution in [-0.2, 0) is 19.1 Å². The van der Waals surface area contributed by atoms with E-state index >= 15 is 0 Å². The van der Waals surface area contributed by atoms with Crippen molar-refractivity contribution >= 4 is 11.9 Å². The monoisotopic (exact) mass is 424 g/mol. The second-order valence-electron chi connectivity index (χ2n) is 9.25. The molecule has 4 heteroatoms. The lowest BCUT2D eigenvalue weighted by molar-refractivity contribution is -0.156. The van der Waals surface area contributed by atoms with Crippen molar-refractivity contribution in [2.75, 3.05) is 13.2 Å². The molecule has 0 bridgehead atoms. The number of esters is 2. The molecular formula is C26H48O4. The Bertz CT molecular complexity index is 448. The lowest BCUT2D eigenvalue weighted by atomic mass is 9.81. The Hall–Kier alpha value is -1.06. The van der Waals surface area contributed by atoms with Crippen LogP contribution in [0.2, 0.25) is 0 Å². The number of carbonyl (C=O) groups is 2. The van der Waals surface area contributed by atoms with Gasteiger partial charge in [0.15, 0.2) is 0 Å². The van der Waals surface area contributed by atoms with Crippen molar-refractivity contribution < 1.29 is 19.1 Å². The predicted octanol–water partition coefficient (Wildman–Crippen LogP) is 7.24. The first-order valence-corrected chi connectivity index (χ1v) is 13.0. The van der Waals surface area contributed by atoms with Crippen molar-refractivity contribution in [3.05, 3.63) is 0 Å². The summed E-state index contributed by atoms with van der Waals surface area (Å²) in [5.41, 5.74) is 0. The Kier molecular flexibility index (Phi) is 15.8. The van der Waals surface area contributed by atoms with Gasteiger partial charge in [0.05, 0.1) is 25.0 Å². The highest BCUT2D eigenvalue weighted by molar-refractivity contribution is 5.76. The van der Waals surface area contributed by atoms with E-state index in [0.717, 1.165) is 44.9 Å². The zero-order valence-corrected chi connectivity index (χ0v) is 20.1. The van der Waals surface area contributed by atoms with E-state index in [1.165, 1.54) is 51.4 Å². The van der Waals surface area contributed by atoms with Gasteiger partial charge in [0.2, 0.25) is 0 Å². The number of unbranched alkanes of at least 4 members (excludes halogenated alkanes) is 8. The molecule has 0 heterocycles. The quantitative estimate of drug-likeness (QED) is 0.182. The number of hydrogen-bond acceptors (Lipinski definition) is 4. The molecule has 3 atom stereocenters. The van der Waals surface area contributed by atoms with Crippen LogP contribution in [0.4, 0.5) is 0 Å². The summed E-state index contributed by atoms with van der Waals surface area (Å²) < 4.78 is 11.2. The van der Waals surface area contributed by atoms with E-state index in [4.69, 9.17) is 9.47 Å². The molecule has 1 rings (SSSR count). The second-order valence-corrected chi connectivity index (χ2v) is 9.25. The summed E-state index contributed by atoms with van der Waals surface area (Å²) in [6.07, 6.45) is 17.6. The SMILES string of the molecule is CCCCCCCCCCOC(=O)C1CCCC(C(=O)OCC(CC)CCCC)C1. The fourth-order valence-electron chi connectivity index (χ4n) is 4.36. The molecule has 176 valence electrons. The van der Waals surface area contributed by atoms with Crippen molar-refractivity contribution in [3.8, 4) is 0 Å². The maximum atomic E-state index is 12.5. The van der Waals surface area contributed by atoms with Gasteiger partial charge in [0.25, 0.3) is 0 Å². The van der Waals surface area contributed by atoms with E-state index in [-0.39, 0.29) is 23.8 Å². The lowest BCUT2D eigenvalue weighted by Gasteiger charge is -2.27.